The van der Waals surface area contributed by atoms with Crippen LogP contribution >= 0.6 is 0 Å². The van der Waals surface area contributed by atoms with E-state index < -0.39 is 5.97 Å². The maximum atomic E-state index is 11.7. The van der Waals surface area contributed by atoms with Crippen molar-refractivity contribution in [1.29, 1.82) is 0 Å². The van der Waals surface area contributed by atoms with Gasteiger partial charge in [0.25, 0.3) is 0 Å². The Morgan fingerprint density at radius 3 is 0.978 bits per heavy atom. The van der Waals surface area contributed by atoms with E-state index in [9.17, 15) is 9.59 Å². The van der Waals surface area contributed by atoms with Crippen LogP contribution < -0.4 is 0 Å². The molecule has 0 aliphatic heterocycles. The molecular weight excluding hydrogens is 608 g/mol. The number of hydrogen-bond donors (Lipinski definition) is 1. The van der Waals surface area contributed by atoms with Crippen molar-refractivity contribution in [3.05, 3.63) is 0 Å². The van der Waals surface area contributed by atoms with E-state index in [4.69, 9.17) is 57.2 Å². The minimum absolute atomic E-state index is 0.00392. The highest BCUT2D eigenvalue weighted by atomic mass is 16.6. The van der Waals surface area contributed by atoms with Gasteiger partial charge in [0.1, 0.15) is 6.61 Å². The van der Waals surface area contributed by atoms with Crippen LogP contribution in [-0.4, -0.2) is 156 Å². The fraction of sp³-hybridized carbons (Fsp3) is 0.938. The third-order valence-electron chi connectivity index (χ3n) is 6.03. The number of carbonyl (C=O) groups excluding carboxylic acids is 1. The number of carbonyl (C=O) groups is 2. The molecular formula is C32H62O14. The molecule has 0 aliphatic carbocycles. The fourth-order valence-corrected chi connectivity index (χ4v) is 3.58. The van der Waals surface area contributed by atoms with Crippen LogP contribution in [0.5, 0.6) is 0 Å². The van der Waals surface area contributed by atoms with Crippen molar-refractivity contribution >= 4 is 11.9 Å². The van der Waals surface area contributed by atoms with Gasteiger partial charge in [-0.2, -0.15) is 0 Å². The predicted octanol–water partition coefficient (Wildman–Crippen LogP) is 2.92. The number of carboxylic acid groups (broad SMARTS) is 1. The Kier molecular flexibility index (Phi) is 38.5. The predicted molar refractivity (Wildman–Crippen MR) is 169 cm³/mol. The summed E-state index contributed by atoms with van der Waals surface area (Å²) in [6.07, 6.45) is 7.39. The van der Waals surface area contributed by atoms with E-state index in [0.29, 0.717) is 132 Å². The molecule has 0 atom stereocenters. The molecule has 0 aromatic carbocycles. The molecule has 0 saturated carbocycles. The molecule has 0 aromatic rings. The van der Waals surface area contributed by atoms with Gasteiger partial charge in [0.2, 0.25) is 0 Å². The molecule has 0 bridgehead atoms. The number of hydrogen-bond acceptors (Lipinski definition) is 13. The normalized spacial score (nSPS) is 11.3. The fourth-order valence-electron chi connectivity index (χ4n) is 3.58. The van der Waals surface area contributed by atoms with Crippen molar-refractivity contribution in [2.24, 2.45) is 0 Å². The molecule has 0 fully saturated rings. The highest BCUT2D eigenvalue weighted by Gasteiger charge is 2.03. The summed E-state index contributed by atoms with van der Waals surface area (Å²) >= 11 is 0. The first kappa shape index (κ1) is 44.5. The van der Waals surface area contributed by atoms with Crippen molar-refractivity contribution in [2.45, 2.75) is 58.3 Å². The molecule has 0 spiro atoms. The average Bonchev–Trinajstić information content (AvgIpc) is 3.04. The van der Waals surface area contributed by atoms with Gasteiger partial charge < -0.3 is 57.2 Å². The second-order valence-electron chi connectivity index (χ2n) is 10.0. The summed E-state index contributed by atoms with van der Waals surface area (Å²) in [5.41, 5.74) is 0. The first-order chi connectivity index (χ1) is 22.7. The van der Waals surface area contributed by atoms with Crippen LogP contribution in [0, 0.1) is 0 Å². The van der Waals surface area contributed by atoms with Gasteiger partial charge in [0, 0.05) is 6.42 Å². The molecule has 0 rings (SSSR count). The lowest BCUT2D eigenvalue weighted by Crippen LogP contribution is -2.15. The monoisotopic (exact) mass is 670 g/mol. The van der Waals surface area contributed by atoms with E-state index in [1.165, 1.54) is 25.7 Å². The average molecular weight is 671 g/mol. The molecule has 0 aliphatic rings. The van der Waals surface area contributed by atoms with Gasteiger partial charge in [-0.05, 0) is 6.42 Å². The lowest BCUT2D eigenvalue weighted by molar-refractivity contribution is -0.145. The van der Waals surface area contributed by atoms with E-state index in [0.717, 1.165) is 12.8 Å². The lowest BCUT2D eigenvalue weighted by Gasteiger charge is -2.09. The van der Waals surface area contributed by atoms with Crippen molar-refractivity contribution < 1.29 is 66.8 Å². The van der Waals surface area contributed by atoms with E-state index in [1.54, 1.807) is 0 Å². The number of esters is 1. The van der Waals surface area contributed by atoms with Crippen LogP contribution in [0.2, 0.25) is 0 Å². The van der Waals surface area contributed by atoms with Gasteiger partial charge in [-0.3, -0.25) is 9.59 Å². The largest absolute Gasteiger partial charge is 0.481 e. The third kappa shape index (κ3) is 40.6. The van der Waals surface area contributed by atoms with Gasteiger partial charge in [-0.15, -0.1) is 0 Å². The highest BCUT2D eigenvalue weighted by molar-refractivity contribution is 5.69. The minimum atomic E-state index is -0.876. The smallest absolute Gasteiger partial charge is 0.305 e. The number of ether oxygens (including phenoxy) is 11. The zero-order chi connectivity index (χ0) is 33.4. The Balaban J connectivity index is 3.10. The summed E-state index contributed by atoms with van der Waals surface area (Å²) in [6.45, 7) is 11.4. The van der Waals surface area contributed by atoms with Crippen LogP contribution in [0.4, 0.5) is 0 Å². The van der Waals surface area contributed by atoms with E-state index in [1.807, 2.05) is 0 Å². The molecule has 14 nitrogen and oxygen atoms in total. The Hall–Kier alpha value is -1.46. The zero-order valence-corrected chi connectivity index (χ0v) is 28.3. The summed E-state index contributed by atoms with van der Waals surface area (Å²) in [7, 11) is 0. The summed E-state index contributed by atoms with van der Waals surface area (Å²) in [6, 6.07) is 0. The first-order valence-corrected chi connectivity index (χ1v) is 16.8. The topological polar surface area (TPSA) is 156 Å². The van der Waals surface area contributed by atoms with Crippen molar-refractivity contribution in [1.82, 2.24) is 0 Å². The quantitative estimate of drug-likeness (QED) is 0.0750. The summed E-state index contributed by atoms with van der Waals surface area (Å²) in [5.74, 6) is -1.02. The molecule has 0 saturated heterocycles. The molecule has 14 heteroatoms. The second-order valence-corrected chi connectivity index (χ2v) is 10.0. The van der Waals surface area contributed by atoms with E-state index >= 15 is 0 Å². The SMILES string of the molecule is CCCCCCCCC(=O)OCCOCCOCCOCCOCCOCCOCCOCCOCCOCCOCCC(=O)O. The minimum Gasteiger partial charge on any atom is -0.481 e. The van der Waals surface area contributed by atoms with Gasteiger partial charge in [-0.25, -0.2) is 0 Å². The molecule has 0 heterocycles. The van der Waals surface area contributed by atoms with Crippen molar-refractivity contribution in [3.8, 4) is 0 Å². The number of unbranched alkanes of at least 4 members (excludes halogenated alkanes) is 5. The van der Waals surface area contributed by atoms with Crippen LogP contribution in [0.25, 0.3) is 0 Å². The molecule has 0 aromatic heterocycles. The molecule has 274 valence electrons. The Labute approximate surface area is 275 Å². The van der Waals surface area contributed by atoms with Crippen LogP contribution in [0.1, 0.15) is 58.3 Å². The number of rotatable bonds is 40. The molecule has 0 amide bonds. The first-order valence-electron chi connectivity index (χ1n) is 16.8. The molecule has 46 heavy (non-hydrogen) atoms. The second kappa shape index (κ2) is 39.7. The van der Waals surface area contributed by atoms with Gasteiger partial charge >= 0.3 is 11.9 Å². The third-order valence-corrected chi connectivity index (χ3v) is 6.03. The molecule has 0 unspecified atom stereocenters. The number of carboxylic acids is 1. The van der Waals surface area contributed by atoms with Crippen molar-refractivity contribution in [3.63, 3.8) is 0 Å². The highest BCUT2D eigenvalue weighted by Crippen LogP contribution is 2.07. The van der Waals surface area contributed by atoms with Gasteiger partial charge in [-0.1, -0.05) is 39.0 Å². The van der Waals surface area contributed by atoms with E-state index in [-0.39, 0.29) is 25.6 Å². The van der Waals surface area contributed by atoms with Crippen molar-refractivity contribution in [2.75, 3.05) is 139 Å². The maximum Gasteiger partial charge on any atom is 0.305 e. The summed E-state index contributed by atoms with van der Waals surface area (Å²) in [4.78, 5) is 22.0. The van der Waals surface area contributed by atoms with Crippen LogP contribution in [-0.2, 0) is 61.7 Å². The Morgan fingerprint density at radius 2 is 0.652 bits per heavy atom. The Bertz CT molecular complexity index is 626. The van der Waals surface area contributed by atoms with Crippen LogP contribution in [0.15, 0.2) is 0 Å². The summed E-state index contributed by atoms with van der Waals surface area (Å²) in [5, 5.41) is 8.48. The lowest BCUT2D eigenvalue weighted by atomic mass is 10.1. The zero-order valence-electron chi connectivity index (χ0n) is 28.3. The van der Waals surface area contributed by atoms with Crippen LogP contribution in [0.3, 0.4) is 0 Å². The Morgan fingerprint density at radius 1 is 0.370 bits per heavy atom. The maximum absolute atomic E-state index is 11.7. The standard InChI is InChI=1S/C32H62O14/c1-2-3-4-5-6-7-8-32(35)46-30-29-45-28-27-44-26-25-43-24-23-42-22-21-41-20-19-40-18-17-39-16-15-38-14-13-37-12-11-36-10-9-31(33)34/h2-30H2,1H3,(H,33,34). The van der Waals surface area contributed by atoms with Gasteiger partial charge in [0.05, 0.1) is 139 Å². The molecule has 0 radical (unpaired) electrons. The summed E-state index contributed by atoms with van der Waals surface area (Å²) < 4.78 is 59.1. The van der Waals surface area contributed by atoms with E-state index in [2.05, 4.69) is 6.92 Å². The number of aliphatic carboxylic acids is 1. The molecule has 1 N–H and O–H groups in total. The van der Waals surface area contributed by atoms with Gasteiger partial charge in [0.15, 0.2) is 0 Å².